The van der Waals surface area contributed by atoms with E-state index in [0.29, 0.717) is 32.4 Å². The zero-order valence-corrected chi connectivity index (χ0v) is 9.05. The van der Waals surface area contributed by atoms with Crippen LogP contribution in [0.2, 0.25) is 0 Å². The van der Waals surface area contributed by atoms with Crippen LogP contribution >= 0.6 is 0 Å². The third kappa shape index (κ3) is 3.63. The number of hydrogen-bond donors (Lipinski definition) is 0. The molecule has 82 valence electrons. The van der Waals surface area contributed by atoms with Crippen molar-refractivity contribution in [2.24, 2.45) is 0 Å². The highest BCUT2D eigenvalue weighted by molar-refractivity contribution is 7.89. The second-order valence-corrected chi connectivity index (χ2v) is 5.34. The monoisotopic (exact) mass is 221 g/mol. The molecule has 0 amide bonds. The zero-order valence-electron chi connectivity index (χ0n) is 8.23. The van der Waals surface area contributed by atoms with Gasteiger partial charge in [-0.3, -0.25) is 4.79 Å². The minimum absolute atomic E-state index is 0.143. The molecule has 5 nitrogen and oxygen atoms in total. The molecule has 0 aromatic rings. The van der Waals surface area contributed by atoms with E-state index in [2.05, 4.69) is 4.74 Å². The van der Waals surface area contributed by atoms with E-state index < -0.39 is 10.0 Å². The summed E-state index contributed by atoms with van der Waals surface area (Å²) in [6.07, 6.45) is 1.39. The third-order valence-electron chi connectivity index (χ3n) is 2.06. The highest BCUT2D eigenvalue weighted by Crippen LogP contribution is 2.14. The van der Waals surface area contributed by atoms with Crippen molar-refractivity contribution in [3.8, 4) is 0 Å². The summed E-state index contributed by atoms with van der Waals surface area (Å²) < 4.78 is 28.5. The Labute approximate surface area is 84.1 Å². The Bertz CT molecular complexity index is 294. The van der Waals surface area contributed by atoms with Gasteiger partial charge in [-0.1, -0.05) is 0 Å². The first-order valence-corrected chi connectivity index (χ1v) is 6.22. The summed E-state index contributed by atoms with van der Waals surface area (Å²) in [5, 5.41) is 0. The molecule has 1 aliphatic rings. The molecule has 0 aromatic carbocycles. The average Bonchev–Trinajstić information content (AvgIpc) is 2.95. The molecule has 1 aliphatic heterocycles. The highest BCUT2D eigenvalue weighted by atomic mass is 32.2. The Kier molecular flexibility index (Phi) is 3.88. The van der Waals surface area contributed by atoms with Crippen molar-refractivity contribution >= 4 is 16.0 Å². The number of nitrogens with zero attached hydrogens (tertiary/aromatic N) is 1. The first-order valence-electron chi connectivity index (χ1n) is 4.61. The molecule has 0 saturated carbocycles. The van der Waals surface area contributed by atoms with Gasteiger partial charge in [-0.25, -0.2) is 8.42 Å². The van der Waals surface area contributed by atoms with Crippen molar-refractivity contribution in [1.82, 2.24) is 4.31 Å². The number of rotatable bonds is 6. The Morgan fingerprint density at radius 1 is 1.36 bits per heavy atom. The highest BCUT2D eigenvalue weighted by Gasteiger charge is 2.30. The lowest BCUT2D eigenvalue weighted by molar-refractivity contribution is -0.140. The van der Waals surface area contributed by atoms with Gasteiger partial charge in [-0.05, 0) is 12.8 Å². The number of carbonyl (C=O) groups is 1. The van der Waals surface area contributed by atoms with Gasteiger partial charge in [0.15, 0.2) is 0 Å². The van der Waals surface area contributed by atoms with Gasteiger partial charge in [0.1, 0.15) is 0 Å². The molecule has 0 radical (unpaired) electrons. The summed E-state index contributed by atoms with van der Waals surface area (Å²) in [7, 11) is -1.68. The molecule has 14 heavy (non-hydrogen) atoms. The number of sulfonamides is 1. The lowest BCUT2D eigenvalue weighted by Crippen LogP contribution is -2.16. The first-order chi connectivity index (χ1) is 6.56. The normalized spacial score (nSPS) is 16.6. The van der Waals surface area contributed by atoms with E-state index in [4.69, 9.17) is 0 Å². The molecule has 0 aliphatic carbocycles. The summed E-state index contributed by atoms with van der Waals surface area (Å²) in [4.78, 5) is 10.7. The SMILES string of the molecule is COC(=O)CCCCS(=O)(=O)N1CC1. The number of hydrogen-bond acceptors (Lipinski definition) is 4. The van der Waals surface area contributed by atoms with Crippen molar-refractivity contribution in [2.45, 2.75) is 19.3 Å². The van der Waals surface area contributed by atoms with E-state index in [1.807, 2.05) is 0 Å². The largest absolute Gasteiger partial charge is 0.469 e. The Hall–Kier alpha value is -0.620. The number of unbranched alkanes of at least 4 members (excludes halogenated alkanes) is 1. The standard InChI is InChI=1S/C8H15NO4S/c1-13-8(10)4-2-3-7-14(11,12)9-5-6-9/h2-7H2,1H3. The van der Waals surface area contributed by atoms with Crippen molar-refractivity contribution in [1.29, 1.82) is 0 Å². The number of methoxy groups -OCH3 is 1. The predicted octanol–water partition coefficient (Wildman–Crippen LogP) is -0.0249. The van der Waals surface area contributed by atoms with E-state index in [9.17, 15) is 13.2 Å². The third-order valence-corrected chi connectivity index (χ3v) is 4.02. The van der Waals surface area contributed by atoms with Crippen LogP contribution in [-0.2, 0) is 19.6 Å². The molecule has 0 N–H and O–H groups in total. The number of esters is 1. The molecule has 6 heteroatoms. The van der Waals surface area contributed by atoms with Crippen molar-refractivity contribution in [3.05, 3.63) is 0 Å². The van der Waals surface area contributed by atoms with Gasteiger partial charge >= 0.3 is 5.97 Å². The second kappa shape index (κ2) is 4.75. The minimum Gasteiger partial charge on any atom is -0.469 e. The first kappa shape index (κ1) is 11.5. The zero-order chi connectivity index (χ0) is 10.6. The van der Waals surface area contributed by atoms with E-state index in [-0.39, 0.29) is 11.7 Å². The molecule has 0 bridgehead atoms. The maximum Gasteiger partial charge on any atom is 0.305 e. The minimum atomic E-state index is -3.01. The van der Waals surface area contributed by atoms with Gasteiger partial charge < -0.3 is 4.74 Å². The average molecular weight is 221 g/mol. The maximum atomic E-state index is 11.3. The summed E-state index contributed by atoms with van der Waals surface area (Å²) in [5.74, 6) is -0.140. The van der Waals surface area contributed by atoms with Gasteiger partial charge in [0.2, 0.25) is 10.0 Å². The molecule has 0 unspecified atom stereocenters. The summed E-state index contributed by atoms with van der Waals surface area (Å²) in [5.41, 5.74) is 0. The van der Waals surface area contributed by atoms with E-state index >= 15 is 0 Å². The molecule has 1 heterocycles. The van der Waals surface area contributed by atoms with Gasteiger partial charge in [0, 0.05) is 19.5 Å². The lowest BCUT2D eigenvalue weighted by atomic mass is 10.2. The summed E-state index contributed by atoms with van der Waals surface area (Å²) >= 11 is 0. The van der Waals surface area contributed by atoms with Crippen LogP contribution in [-0.4, -0.2) is 44.6 Å². The van der Waals surface area contributed by atoms with Crippen LogP contribution in [0.3, 0.4) is 0 Å². The summed E-state index contributed by atoms with van der Waals surface area (Å²) in [6.45, 7) is 1.30. The Balaban J connectivity index is 2.12. The van der Waals surface area contributed by atoms with Crippen molar-refractivity contribution in [2.75, 3.05) is 26.0 Å². The Morgan fingerprint density at radius 3 is 2.50 bits per heavy atom. The van der Waals surface area contributed by atoms with Gasteiger partial charge in [-0.2, -0.15) is 4.31 Å². The van der Waals surface area contributed by atoms with Crippen LogP contribution in [0.1, 0.15) is 19.3 Å². The Morgan fingerprint density at radius 2 is 2.00 bits per heavy atom. The van der Waals surface area contributed by atoms with Crippen molar-refractivity contribution in [3.63, 3.8) is 0 Å². The molecule has 0 aromatic heterocycles. The second-order valence-electron chi connectivity index (χ2n) is 3.25. The van der Waals surface area contributed by atoms with Crippen molar-refractivity contribution < 1.29 is 17.9 Å². The fourth-order valence-electron chi connectivity index (χ4n) is 1.10. The van der Waals surface area contributed by atoms with Crippen LogP contribution in [0, 0.1) is 0 Å². The van der Waals surface area contributed by atoms with Crippen LogP contribution < -0.4 is 0 Å². The molecule has 1 saturated heterocycles. The maximum absolute atomic E-state index is 11.3. The summed E-state index contributed by atoms with van der Waals surface area (Å²) in [6, 6.07) is 0. The smallest absolute Gasteiger partial charge is 0.305 e. The molecule has 1 rings (SSSR count). The van der Waals surface area contributed by atoms with Crippen LogP contribution in [0.15, 0.2) is 0 Å². The predicted molar refractivity (Wildman–Crippen MR) is 51.2 cm³/mol. The molecular formula is C8H15NO4S. The van der Waals surface area contributed by atoms with Gasteiger partial charge in [0.05, 0.1) is 12.9 Å². The van der Waals surface area contributed by atoms with E-state index in [1.165, 1.54) is 11.4 Å². The molecule has 0 spiro atoms. The quantitative estimate of drug-likeness (QED) is 0.359. The molecule has 1 fully saturated rings. The van der Waals surface area contributed by atoms with Gasteiger partial charge in [0.25, 0.3) is 0 Å². The van der Waals surface area contributed by atoms with Crippen LogP contribution in [0.25, 0.3) is 0 Å². The lowest BCUT2D eigenvalue weighted by Gasteiger charge is -2.03. The molecular weight excluding hydrogens is 206 g/mol. The van der Waals surface area contributed by atoms with Crippen LogP contribution in [0.4, 0.5) is 0 Å². The van der Waals surface area contributed by atoms with Crippen LogP contribution in [0.5, 0.6) is 0 Å². The number of ether oxygens (including phenoxy) is 1. The van der Waals surface area contributed by atoms with E-state index in [0.717, 1.165) is 0 Å². The van der Waals surface area contributed by atoms with E-state index in [1.54, 1.807) is 0 Å². The topological polar surface area (TPSA) is 63.5 Å². The number of carbonyl (C=O) groups excluding carboxylic acids is 1. The fraction of sp³-hybridized carbons (Fsp3) is 0.875. The fourth-order valence-corrected chi connectivity index (χ4v) is 2.57. The van der Waals surface area contributed by atoms with Gasteiger partial charge in [-0.15, -0.1) is 0 Å². The molecule has 0 atom stereocenters.